The molecule has 156 valence electrons. The Kier molecular flexibility index (Phi) is 7.31. The molecule has 2 aromatic carbocycles. The lowest BCUT2D eigenvalue weighted by atomic mass is 10.2. The van der Waals surface area contributed by atoms with Crippen LogP contribution in [0.4, 0.5) is 5.69 Å². The normalized spacial score (nSPS) is 14.2. The monoisotopic (exact) mass is 418 g/mol. The fourth-order valence-electron chi connectivity index (χ4n) is 2.72. The highest BCUT2D eigenvalue weighted by atomic mass is 32.2. The first-order chi connectivity index (χ1) is 14.1. The molecule has 0 saturated carbocycles. The Morgan fingerprint density at radius 3 is 2.59 bits per heavy atom. The Hall–Kier alpha value is -2.78. The van der Waals surface area contributed by atoms with Crippen molar-refractivity contribution in [2.24, 2.45) is 4.99 Å². The van der Waals surface area contributed by atoms with Crippen LogP contribution in [-0.4, -0.2) is 46.9 Å². The molecule has 0 saturated heterocycles. The Morgan fingerprint density at radius 2 is 1.83 bits per heavy atom. The highest BCUT2D eigenvalue weighted by Gasteiger charge is 2.13. The molecule has 1 heterocycles. The standard InChI is InChI=1S/C20H26N4O4S/c1-21-20(24-17-8-9-18-19(14-17)28-12-5-11-27-18)22-10-13-29(25,26)23-15-16-6-3-2-4-7-16/h2-4,6-9,14,23H,5,10-13,15H2,1H3,(H2,21,22,24). The molecule has 29 heavy (non-hydrogen) atoms. The third-order valence-electron chi connectivity index (χ3n) is 4.24. The maximum absolute atomic E-state index is 12.2. The van der Waals surface area contributed by atoms with Gasteiger partial charge in [0.25, 0.3) is 0 Å². The number of aliphatic imine (C=N–C) groups is 1. The van der Waals surface area contributed by atoms with Crippen LogP contribution < -0.4 is 24.8 Å². The molecule has 0 radical (unpaired) electrons. The molecule has 1 aliphatic rings. The maximum atomic E-state index is 12.2. The molecule has 0 aliphatic carbocycles. The molecule has 0 spiro atoms. The molecule has 8 nitrogen and oxygen atoms in total. The van der Waals surface area contributed by atoms with Gasteiger partial charge in [0.1, 0.15) is 0 Å². The van der Waals surface area contributed by atoms with Crippen molar-refractivity contribution < 1.29 is 17.9 Å². The van der Waals surface area contributed by atoms with Gasteiger partial charge >= 0.3 is 0 Å². The summed E-state index contributed by atoms with van der Waals surface area (Å²) in [6.45, 7) is 1.73. The molecular formula is C20H26N4O4S. The van der Waals surface area contributed by atoms with Crippen LogP contribution in [0, 0.1) is 0 Å². The van der Waals surface area contributed by atoms with Crippen molar-refractivity contribution in [2.45, 2.75) is 13.0 Å². The summed E-state index contributed by atoms with van der Waals surface area (Å²) in [7, 11) is -1.78. The minimum Gasteiger partial charge on any atom is -0.490 e. The molecular weight excluding hydrogens is 392 g/mol. The number of anilines is 1. The van der Waals surface area contributed by atoms with E-state index in [1.165, 1.54) is 0 Å². The summed E-state index contributed by atoms with van der Waals surface area (Å²) in [5, 5.41) is 6.14. The molecule has 0 amide bonds. The van der Waals surface area contributed by atoms with E-state index >= 15 is 0 Å². The number of hydrogen-bond acceptors (Lipinski definition) is 5. The zero-order chi connectivity index (χ0) is 20.5. The molecule has 1 aliphatic heterocycles. The van der Waals surface area contributed by atoms with Crippen LogP contribution in [0.2, 0.25) is 0 Å². The van der Waals surface area contributed by atoms with Crippen molar-refractivity contribution in [1.82, 2.24) is 10.0 Å². The molecule has 3 rings (SSSR count). The van der Waals surface area contributed by atoms with E-state index in [1.807, 2.05) is 48.5 Å². The number of rotatable bonds is 7. The molecule has 0 bridgehead atoms. The highest BCUT2D eigenvalue weighted by Crippen LogP contribution is 2.32. The maximum Gasteiger partial charge on any atom is 0.213 e. The summed E-state index contributed by atoms with van der Waals surface area (Å²) in [6.07, 6.45) is 0.841. The van der Waals surface area contributed by atoms with Crippen LogP contribution >= 0.6 is 0 Å². The van der Waals surface area contributed by atoms with Crippen LogP contribution in [-0.2, 0) is 16.6 Å². The molecule has 0 fully saturated rings. The van der Waals surface area contributed by atoms with E-state index < -0.39 is 10.0 Å². The van der Waals surface area contributed by atoms with Crippen LogP contribution in [0.1, 0.15) is 12.0 Å². The van der Waals surface area contributed by atoms with Gasteiger partial charge in [0.05, 0.1) is 19.0 Å². The first-order valence-electron chi connectivity index (χ1n) is 9.44. The number of nitrogens with one attached hydrogen (secondary N) is 3. The quantitative estimate of drug-likeness (QED) is 0.469. The van der Waals surface area contributed by atoms with Gasteiger partial charge in [0.15, 0.2) is 17.5 Å². The Labute approximate surface area is 171 Å². The minimum absolute atomic E-state index is 0.0678. The molecule has 0 atom stereocenters. The number of hydrogen-bond donors (Lipinski definition) is 3. The van der Waals surface area contributed by atoms with E-state index in [0.29, 0.717) is 30.7 Å². The SMILES string of the molecule is CN=C(NCCS(=O)(=O)NCc1ccccc1)Nc1ccc2c(c1)OCCCO2. The number of sulfonamides is 1. The number of guanidine groups is 1. The number of ether oxygens (including phenoxy) is 2. The van der Waals surface area contributed by atoms with Gasteiger partial charge in [-0.25, -0.2) is 13.1 Å². The molecule has 0 aromatic heterocycles. The van der Waals surface area contributed by atoms with E-state index in [2.05, 4.69) is 20.3 Å². The molecule has 2 aromatic rings. The van der Waals surface area contributed by atoms with Gasteiger partial charge in [-0.1, -0.05) is 30.3 Å². The zero-order valence-electron chi connectivity index (χ0n) is 16.3. The summed E-state index contributed by atoms with van der Waals surface area (Å²) in [5.74, 6) is 1.79. The first-order valence-corrected chi connectivity index (χ1v) is 11.1. The van der Waals surface area contributed by atoms with Crippen molar-refractivity contribution >= 4 is 21.7 Å². The summed E-state index contributed by atoms with van der Waals surface area (Å²) < 4.78 is 38.3. The van der Waals surface area contributed by atoms with Crippen molar-refractivity contribution in [3.63, 3.8) is 0 Å². The average Bonchev–Trinajstić information content (AvgIpc) is 2.97. The van der Waals surface area contributed by atoms with Gasteiger partial charge in [-0.05, 0) is 17.7 Å². The van der Waals surface area contributed by atoms with Crippen molar-refractivity contribution in [3.05, 3.63) is 54.1 Å². The van der Waals surface area contributed by atoms with Crippen molar-refractivity contribution in [1.29, 1.82) is 0 Å². The predicted molar refractivity (Wildman–Crippen MR) is 114 cm³/mol. The predicted octanol–water partition coefficient (Wildman–Crippen LogP) is 1.95. The zero-order valence-corrected chi connectivity index (χ0v) is 17.2. The lowest BCUT2D eigenvalue weighted by Crippen LogP contribution is -2.37. The summed E-state index contributed by atoms with van der Waals surface area (Å²) in [4.78, 5) is 4.13. The summed E-state index contributed by atoms with van der Waals surface area (Å²) in [6, 6.07) is 14.9. The minimum atomic E-state index is -3.40. The fourth-order valence-corrected chi connectivity index (χ4v) is 3.62. The van der Waals surface area contributed by atoms with Crippen molar-refractivity contribution in [3.8, 4) is 11.5 Å². The molecule has 0 unspecified atom stereocenters. The van der Waals surface area contributed by atoms with Gasteiger partial charge < -0.3 is 20.1 Å². The third kappa shape index (κ3) is 6.65. The van der Waals surface area contributed by atoms with E-state index in [0.717, 1.165) is 17.7 Å². The van der Waals surface area contributed by atoms with Gasteiger partial charge in [-0.3, -0.25) is 4.99 Å². The van der Waals surface area contributed by atoms with Crippen molar-refractivity contribution in [2.75, 3.05) is 37.9 Å². The lowest BCUT2D eigenvalue weighted by Gasteiger charge is -2.14. The summed E-state index contributed by atoms with van der Waals surface area (Å²) >= 11 is 0. The van der Waals surface area contributed by atoms with Gasteiger partial charge in [-0.15, -0.1) is 0 Å². The van der Waals surface area contributed by atoms with Crippen LogP contribution in [0.15, 0.2) is 53.5 Å². The topological polar surface area (TPSA) is 101 Å². The van der Waals surface area contributed by atoms with Crippen LogP contribution in [0.25, 0.3) is 0 Å². The number of fused-ring (bicyclic) bond motifs is 1. The Morgan fingerprint density at radius 1 is 1.07 bits per heavy atom. The average molecular weight is 419 g/mol. The lowest BCUT2D eigenvalue weighted by molar-refractivity contribution is 0.297. The second-order valence-corrected chi connectivity index (χ2v) is 8.39. The largest absolute Gasteiger partial charge is 0.490 e. The van der Waals surface area contributed by atoms with E-state index in [9.17, 15) is 8.42 Å². The van der Waals surface area contributed by atoms with E-state index in [4.69, 9.17) is 9.47 Å². The van der Waals surface area contributed by atoms with Gasteiger partial charge in [0.2, 0.25) is 10.0 Å². The molecule has 3 N–H and O–H groups in total. The smallest absolute Gasteiger partial charge is 0.213 e. The van der Waals surface area contributed by atoms with Crippen LogP contribution in [0.5, 0.6) is 11.5 Å². The second kappa shape index (κ2) is 10.1. The van der Waals surface area contributed by atoms with E-state index in [-0.39, 0.29) is 18.8 Å². The fraction of sp³-hybridized carbons (Fsp3) is 0.350. The van der Waals surface area contributed by atoms with Gasteiger partial charge in [-0.2, -0.15) is 0 Å². The number of nitrogens with zero attached hydrogens (tertiary/aromatic N) is 1. The summed E-state index contributed by atoms with van der Waals surface area (Å²) in [5.41, 5.74) is 1.68. The van der Waals surface area contributed by atoms with Crippen LogP contribution in [0.3, 0.4) is 0 Å². The van der Waals surface area contributed by atoms with Gasteiger partial charge in [0, 0.05) is 38.3 Å². The Balaban J connectivity index is 1.48. The number of benzene rings is 2. The third-order valence-corrected chi connectivity index (χ3v) is 5.56. The highest BCUT2D eigenvalue weighted by molar-refractivity contribution is 7.89. The second-order valence-electron chi connectivity index (χ2n) is 6.46. The molecule has 9 heteroatoms. The Bertz CT molecular complexity index is 933. The van der Waals surface area contributed by atoms with E-state index in [1.54, 1.807) is 7.05 Å². The first kappa shape index (κ1) is 20.9.